The first-order valence-electron chi connectivity index (χ1n) is 8.90. The Bertz CT molecular complexity index is 788. The molecule has 1 fully saturated rings. The van der Waals surface area contributed by atoms with Gasteiger partial charge in [0.1, 0.15) is 11.6 Å². The molecule has 2 aromatic rings. The van der Waals surface area contributed by atoms with Crippen LogP contribution in [0.1, 0.15) is 40.5 Å². The number of amides is 1. The van der Waals surface area contributed by atoms with Crippen molar-refractivity contribution in [1.29, 1.82) is 0 Å². The number of hydrogen-bond donors (Lipinski definition) is 0. The van der Waals surface area contributed by atoms with Crippen molar-refractivity contribution < 1.29 is 18.7 Å². The van der Waals surface area contributed by atoms with E-state index in [1.165, 1.54) is 18.2 Å². The van der Waals surface area contributed by atoms with Gasteiger partial charge < -0.3 is 9.64 Å². The molecule has 0 aliphatic carbocycles. The van der Waals surface area contributed by atoms with Crippen LogP contribution in [0, 0.1) is 11.7 Å². The molecule has 1 saturated heterocycles. The molecule has 1 aliphatic heterocycles. The zero-order valence-corrected chi connectivity index (χ0v) is 14.8. The quantitative estimate of drug-likeness (QED) is 0.763. The van der Waals surface area contributed by atoms with E-state index in [1.54, 1.807) is 35.2 Å². The highest BCUT2D eigenvalue weighted by atomic mass is 19.1. The van der Waals surface area contributed by atoms with Crippen LogP contribution in [0.2, 0.25) is 0 Å². The smallest absolute Gasteiger partial charge is 0.253 e. The summed E-state index contributed by atoms with van der Waals surface area (Å²) < 4.78 is 18.8. The third-order valence-corrected chi connectivity index (χ3v) is 4.60. The van der Waals surface area contributed by atoms with Gasteiger partial charge in [-0.25, -0.2) is 4.39 Å². The zero-order valence-electron chi connectivity index (χ0n) is 14.8. The highest BCUT2D eigenvalue weighted by Gasteiger charge is 2.29. The molecule has 0 aromatic heterocycles. The zero-order chi connectivity index (χ0) is 18.5. The molecule has 1 amide bonds. The Morgan fingerprint density at radius 1 is 1.15 bits per heavy atom. The van der Waals surface area contributed by atoms with Gasteiger partial charge in [0, 0.05) is 30.1 Å². The van der Waals surface area contributed by atoms with Gasteiger partial charge in [-0.15, -0.1) is 0 Å². The van der Waals surface area contributed by atoms with Crippen LogP contribution in [0.15, 0.2) is 48.5 Å². The SMILES string of the molecule is CCOc1ccc(C(=O)N2CCCC(C(=O)c3cccc(F)c3)C2)cc1. The van der Waals surface area contributed by atoms with Gasteiger partial charge in [-0.3, -0.25) is 9.59 Å². The number of ketones is 1. The van der Waals surface area contributed by atoms with Gasteiger partial charge in [0.2, 0.25) is 0 Å². The lowest BCUT2D eigenvalue weighted by molar-refractivity contribution is 0.0637. The van der Waals surface area contributed by atoms with Gasteiger partial charge in [-0.2, -0.15) is 0 Å². The lowest BCUT2D eigenvalue weighted by atomic mass is 9.89. The van der Waals surface area contributed by atoms with Crippen molar-refractivity contribution >= 4 is 11.7 Å². The van der Waals surface area contributed by atoms with Crippen LogP contribution >= 0.6 is 0 Å². The van der Waals surface area contributed by atoms with Crippen molar-refractivity contribution in [3.05, 3.63) is 65.5 Å². The van der Waals surface area contributed by atoms with Crippen LogP contribution in [-0.4, -0.2) is 36.3 Å². The van der Waals surface area contributed by atoms with Gasteiger partial charge in [0.15, 0.2) is 5.78 Å². The highest BCUT2D eigenvalue weighted by Crippen LogP contribution is 2.23. The molecule has 1 heterocycles. The average molecular weight is 355 g/mol. The van der Waals surface area contributed by atoms with Crippen LogP contribution in [0.4, 0.5) is 4.39 Å². The second kappa shape index (κ2) is 8.13. The largest absolute Gasteiger partial charge is 0.494 e. The van der Waals surface area contributed by atoms with Crippen LogP contribution < -0.4 is 4.74 Å². The molecule has 136 valence electrons. The first-order valence-corrected chi connectivity index (χ1v) is 8.90. The Morgan fingerprint density at radius 2 is 1.92 bits per heavy atom. The van der Waals surface area contributed by atoms with E-state index in [0.717, 1.165) is 12.2 Å². The van der Waals surface area contributed by atoms with E-state index in [2.05, 4.69) is 0 Å². The van der Waals surface area contributed by atoms with E-state index in [0.29, 0.717) is 37.2 Å². The third-order valence-electron chi connectivity index (χ3n) is 4.60. The highest BCUT2D eigenvalue weighted by molar-refractivity contribution is 5.99. The summed E-state index contributed by atoms with van der Waals surface area (Å²) in [5.74, 6) is -0.188. The number of halogens is 1. The summed E-state index contributed by atoms with van der Waals surface area (Å²) in [6, 6.07) is 12.8. The molecule has 0 N–H and O–H groups in total. The molecule has 1 aliphatic rings. The number of carbonyl (C=O) groups excluding carboxylic acids is 2. The lowest BCUT2D eigenvalue weighted by Gasteiger charge is -2.32. The number of nitrogens with zero attached hydrogens (tertiary/aromatic N) is 1. The molecular formula is C21H22FNO3. The topological polar surface area (TPSA) is 46.6 Å². The number of Topliss-reactive ketones (excluding diaryl/α,β-unsaturated/α-hetero) is 1. The molecule has 0 spiro atoms. The van der Waals surface area contributed by atoms with E-state index in [1.807, 2.05) is 6.92 Å². The number of piperidine rings is 1. The van der Waals surface area contributed by atoms with Crippen molar-refractivity contribution in [1.82, 2.24) is 4.90 Å². The minimum atomic E-state index is -0.422. The van der Waals surface area contributed by atoms with Crippen molar-refractivity contribution in [2.24, 2.45) is 5.92 Å². The summed E-state index contributed by atoms with van der Waals surface area (Å²) in [7, 11) is 0. The van der Waals surface area contributed by atoms with Crippen LogP contribution in [-0.2, 0) is 0 Å². The van der Waals surface area contributed by atoms with E-state index >= 15 is 0 Å². The lowest BCUT2D eigenvalue weighted by Crippen LogP contribution is -2.42. The number of rotatable bonds is 5. The normalized spacial score (nSPS) is 17.0. The van der Waals surface area contributed by atoms with E-state index in [9.17, 15) is 14.0 Å². The van der Waals surface area contributed by atoms with Crippen molar-refractivity contribution in [2.45, 2.75) is 19.8 Å². The maximum atomic E-state index is 13.4. The predicted octanol–water partition coefficient (Wildman–Crippen LogP) is 3.96. The van der Waals surface area contributed by atoms with Gasteiger partial charge >= 0.3 is 0 Å². The van der Waals surface area contributed by atoms with Crippen molar-refractivity contribution in [2.75, 3.05) is 19.7 Å². The summed E-state index contributed by atoms with van der Waals surface area (Å²) in [6.07, 6.45) is 1.47. The van der Waals surface area contributed by atoms with Crippen LogP contribution in [0.5, 0.6) is 5.75 Å². The molecule has 0 bridgehead atoms. The van der Waals surface area contributed by atoms with E-state index in [4.69, 9.17) is 4.74 Å². The molecule has 26 heavy (non-hydrogen) atoms. The fourth-order valence-corrected chi connectivity index (χ4v) is 3.30. The van der Waals surface area contributed by atoms with Crippen molar-refractivity contribution in [3.63, 3.8) is 0 Å². The summed E-state index contributed by atoms with van der Waals surface area (Å²) in [5.41, 5.74) is 0.942. The minimum absolute atomic E-state index is 0.0928. The maximum absolute atomic E-state index is 13.4. The molecule has 5 heteroatoms. The van der Waals surface area contributed by atoms with Crippen molar-refractivity contribution in [3.8, 4) is 5.75 Å². The Morgan fingerprint density at radius 3 is 2.62 bits per heavy atom. The second-order valence-electron chi connectivity index (χ2n) is 6.42. The molecule has 0 radical (unpaired) electrons. The monoisotopic (exact) mass is 355 g/mol. The standard InChI is InChI=1S/C21H22FNO3/c1-2-26-19-10-8-15(9-11-19)21(25)23-12-4-6-17(14-23)20(24)16-5-3-7-18(22)13-16/h3,5,7-11,13,17H,2,4,6,12,14H2,1H3. The van der Waals surface area contributed by atoms with Gasteiger partial charge in [-0.05, 0) is 56.2 Å². The molecule has 2 aromatic carbocycles. The Kier molecular flexibility index (Phi) is 5.66. The number of carbonyl (C=O) groups is 2. The molecular weight excluding hydrogens is 333 g/mol. The molecule has 4 nitrogen and oxygen atoms in total. The molecule has 1 atom stereocenters. The first kappa shape index (κ1) is 18.1. The number of likely N-dealkylation sites (tertiary alicyclic amines) is 1. The van der Waals surface area contributed by atoms with Gasteiger partial charge in [0.05, 0.1) is 6.61 Å². The second-order valence-corrected chi connectivity index (χ2v) is 6.42. The summed E-state index contributed by atoms with van der Waals surface area (Å²) in [4.78, 5) is 27.1. The van der Waals surface area contributed by atoms with Gasteiger partial charge in [0.25, 0.3) is 5.91 Å². The van der Waals surface area contributed by atoms with Gasteiger partial charge in [-0.1, -0.05) is 12.1 Å². The summed E-state index contributed by atoms with van der Waals surface area (Å²) in [6.45, 7) is 3.46. The number of benzene rings is 2. The average Bonchev–Trinajstić information content (AvgIpc) is 2.68. The van der Waals surface area contributed by atoms with Crippen LogP contribution in [0.25, 0.3) is 0 Å². The molecule has 1 unspecified atom stereocenters. The Balaban J connectivity index is 1.69. The number of ether oxygens (including phenoxy) is 1. The van der Waals surface area contributed by atoms with Crippen LogP contribution in [0.3, 0.4) is 0 Å². The molecule has 0 saturated carbocycles. The summed E-state index contributed by atoms with van der Waals surface area (Å²) in [5, 5.41) is 0. The fraction of sp³-hybridized carbons (Fsp3) is 0.333. The first-order chi connectivity index (χ1) is 12.6. The Hall–Kier alpha value is -2.69. The van der Waals surface area contributed by atoms with E-state index in [-0.39, 0.29) is 17.6 Å². The third kappa shape index (κ3) is 4.10. The Labute approximate surface area is 152 Å². The summed E-state index contributed by atoms with van der Waals surface area (Å²) >= 11 is 0. The molecule has 3 rings (SSSR count). The predicted molar refractivity (Wildman–Crippen MR) is 97.0 cm³/mol. The minimum Gasteiger partial charge on any atom is -0.494 e. The number of hydrogen-bond acceptors (Lipinski definition) is 3. The maximum Gasteiger partial charge on any atom is 0.253 e. The fourth-order valence-electron chi connectivity index (χ4n) is 3.30. The van der Waals surface area contributed by atoms with E-state index < -0.39 is 5.82 Å².